The minimum Gasteiger partial charge on any atom is -0.406 e. The van der Waals surface area contributed by atoms with Crippen LogP contribution < -0.4 is 15.8 Å². The maximum atomic E-state index is 12.4. The van der Waals surface area contributed by atoms with Gasteiger partial charge in [-0.25, -0.2) is 4.98 Å². The fourth-order valence-corrected chi connectivity index (χ4v) is 3.04. The van der Waals surface area contributed by atoms with Gasteiger partial charge in [0.15, 0.2) is 0 Å². The zero-order valence-corrected chi connectivity index (χ0v) is 17.6. The summed E-state index contributed by atoms with van der Waals surface area (Å²) in [5.41, 5.74) is 9.13. The van der Waals surface area contributed by atoms with Crippen molar-refractivity contribution in [2.45, 2.75) is 6.36 Å². The highest BCUT2D eigenvalue weighted by Gasteiger charge is 2.31. The van der Waals surface area contributed by atoms with Crippen molar-refractivity contribution in [3.05, 3.63) is 66.4 Å². The zero-order chi connectivity index (χ0) is 23.3. The number of anilines is 1. The van der Waals surface area contributed by atoms with Gasteiger partial charge in [0.25, 0.3) is 5.91 Å². The van der Waals surface area contributed by atoms with Crippen LogP contribution in [0.5, 0.6) is 5.75 Å². The van der Waals surface area contributed by atoms with Crippen molar-refractivity contribution in [3.8, 4) is 28.0 Å². The second-order valence-electron chi connectivity index (χ2n) is 7.37. The van der Waals surface area contributed by atoms with Gasteiger partial charge in [0, 0.05) is 36.0 Å². The molecule has 0 aliphatic rings. The fourth-order valence-electron chi connectivity index (χ4n) is 3.04. The first-order chi connectivity index (χ1) is 15.1. The number of nitrogens with zero attached hydrogens (tertiary/aromatic N) is 2. The van der Waals surface area contributed by atoms with Gasteiger partial charge in [0.05, 0.1) is 0 Å². The lowest BCUT2D eigenvalue weighted by atomic mass is 9.99. The Bertz CT molecular complexity index is 1080. The molecule has 0 radical (unpaired) electrons. The molecule has 1 heterocycles. The molecule has 0 saturated heterocycles. The summed E-state index contributed by atoms with van der Waals surface area (Å²) >= 11 is 0. The summed E-state index contributed by atoms with van der Waals surface area (Å²) in [7, 11) is 3.85. The topological polar surface area (TPSA) is 80.5 Å². The normalized spacial score (nSPS) is 11.4. The molecule has 0 unspecified atom stereocenters. The summed E-state index contributed by atoms with van der Waals surface area (Å²) in [6.07, 6.45) is -3.17. The quantitative estimate of drug-likeness (QED) is 0.571. The Hall–Kier alpha value is -3.59. The molecule has 0 spiro atoms. The molecule has 6 nitrogen and oxygen atoms in total. The van der Waals surface area contributed by atoms with Crippen LogP contribution in [-0.4, -0.2) is 49.3 Å². The lowest BCUT2D eigenvalue weighted by Crippen LogP contribution is -2.31. The number of halogens is 3. The molecule has 0 atom stereocenters. The molecule has 32 heavy (non-hydrogen) atoms. The highest BCUT2D eigenvalue weighted by molar-refractivity contribution is 5.95. The van der Waals surface area contributed by atoms with Gasteiger partial charge < -0.3 is 20.7 Å². The van der Waals surface area contributed by atoms with Gasteiger partial charge >= 0.3 is 6.36 Å². The minimum absolute atomic E-state index is 0.183. The maximum absolute atomic E-state index is 12.4. The van der Waals surface area contributed by atoms with Crippen LogP contribution in [0.1, 0.15) is 10.4 Å². The van der Waals surface area contributed by atoms with E-state index in [9.17, 15) is 18.0 Å². The van der Waals surface area contributed by atoms with E-state index < -0.39 is 6.36 Å². The zero-order valence-electron chi connectivity index (χ0n) is 17.6. The summed E-state index contributed by atoms with van der Waals surface area (Å²) in [5.74, 6) is -0.273. The minimum atomic E-state index is -4.76. The highest BCUT2D eigenvalue weighted by Crippen LogP contribution is 2.32. The van der Waals surface area contributed by atoms with E-state index in [2.05, 4.69) is 15.0 Å². The molecule has 0 saturated carbocycles. The average molecular weight is 444 g/mol. The Labute approximate surface area is 183 Å². The number of hydrogen-bond acceptors (Lipinski definition) is 5. The van der Waals surface area contributed by atoms with E-state index in [4.69, 9.17) is 5.73 Å². The van der Waals surface area contributed by atoms with Gasteiger partial charge in [0.2, 0.25) is 0 Å². The molecule has 0 fully saturated rings. The van der Waals surface area contributed by atoms with E-state index in [0.717, 1.165) is 12.1 Å². The molecule has 0 bridgehead atoms. The molecular weight excluding hydrogens is 421 g/mol. The molecular formula is C23H23F3N4O2. The molecule has 3 aromatic rings. The van der Waals surface area contributed by atoms with Crippen LogP contribution in [0, 0.1) is 0 Å². The Morgan fingerprint density at radius 2 is 1.78 bits per heavy atom. The predicted octanol–water partition coefficient (Wildman–Crippen LogP) is 4.19. The van der Waals surface area contributed by atoms with Gasteiger partial charge in [0.1, 0.15) is 11.6 Å². The van der Waals surface area contributed by atoms with Gasteiger partial charge in [-0.3, -0.25) is 4.79 Å². The third-order valence-corrected chi connectivity index (χ3v) is 4.62. The summed E-state index contributed by atoms with van der Waals surface area (Å²) < 4.78 is 41.0. The number of benzene rings is 2. The number of likely N-dealkylation sites (N-methyl/N-ethyl adjacent to an activating group) is 1. The van der Waals surface area contributed by atoms with Crippen molar-refractivity contribution in [3.63, 3.8) is 0 Å². The Morgan fingerprint density at radius 3 is 2.44 bits per heavy atom. The van der Waals surface area contributed by atoms with Crippen LogP contribution in [0.4, 0.5) is 19.0 Å². The van der Waals surface area contributed by atoms with Crippen molar-refractivity contribution in [1.82, 2.24) is 15.2 Å². The summed E-state index contributed by atoms with van der Waals surface area (Å²) in [5, 5.41) is 2.87. The number of carbonyl (C=O) groups excluding carboxylic acids is 1. The van der Waals surface area contributed by atoms with E-state index >= 15 is 0 Å². The average Bonchev–Trinajstić information content (AvgIpc) is 2.73. The number of nitrogens with two attached hydrogens (primary N) is 1. The first-order valence-electron chi connectivity index (χ1n) is 9.77. The van der Waals surface area contributed by atoms with E-state index in [1.807, 2.05) is 25.1 Å². The number of hydrogen-bond donors (Lipinski definition) is 2. The molecule has 0 aliphatic carbocycles. The first-order valence-corrected chi connectivity index (χ1v) is 9.77. The molecule has 3 rings (SSSR count). The van der Waals surface area contributed by atoms with E-state index in [1.54, 1.807) is 30.5 Å². The van der Waals surface area contributed by atoms with Crippen LogP contribution in [0.2, 0.25) is 0 Å². The number of nitrogen functional groups attached to an aromatic ring is 1. The van der Waals surface area contributed by atoms with Crippen molar-refractivity contribution in [1.29, 1.82) is 0 Å². The van der Waals surface area contributed by atoms with E-state index in [-0.39, 0.29) is 17.5 Å². The molecule has 1 amide bonds. The van der Waals surface area contributed by atoms with Crippen molar-refractivity contribution in [2.75, 3.05) is 32.9 Å². The highest BCUT2D eigenvalue weighted by atomic mass is 19.4. The third kappa shape index (κ3) is 6.21. The molecule has 0 aliphatic heterocycles. The maximum Gasteiger partial charge on any atom is 0.573 e. The summed E-state index contributed by atoms with van der Waals surface area (Å²) in [6.45, 7) is 1.25. The van der Waals surface area contributed by atoms with Crippen LogP contribution in [0.25, 0.3) is 22.3 Å². The number of pyridine rings is 1. The lowest BCUT2D eigenvalue weighted by molar-refractivity contribution is -0.274. The number of ether oxygens (including phenoxy) is 1. The van der Waals surface area contributed by atoms with Crippen LogP contribution >= 0.6 is 0 Å². The van der Waals surface area contributed by atoms with E-state index in [1.165, 1.54) is 24.3 Å². The number of amides is 1. The SMILES string of the molecule is CN(C)CCNC(=O)c1cccc(-c2cnc(N)c(-c3ccc(OC(F)(F)F)cc3)c2)c1. The Morgan fingerprint density at radius 1 is 1.06 bits per heavy atom. The number of alkyl halides is 3. The largest absolute Gasteiger partial charge is 0.573 e. The molecule has 168 valence electrons. The number of carbonyl (C=O) groups is 1. The molecule has 3 N–H and O–H groups in total. The molecule has 9 heteroatoms. The van der Waals surface area contributed by atoms with Crippen molar-refractivity contribution in [2.24, 2.45) is 0 Å². The van der Waals surface area contributed by atoms with Gasteiger partial charge in [-0.2, -0.15) is 0 Å². The monoisotopic (exact) mass is 444 g/mol. The Balaban J connectivity index is 1.83. The second-order valence-corrected chi connectivity index (χ2v) is 7.37. The summed E-state index contributed by atoms with van der Waals surface area (Å²) in [4.78, 5) is 18.6. The summed E-state index contributed by atoms with van der Waals surface area (Å²) in [6, 6.07) is 14.3. The van der Waals surface area contributed by atoms with Crippen LogP contribution in [0.3, 0.4) is 0 Å². The van der Waals surface area contributed by atoms with Gasteiger partial charge in [-0.05, 0) is 55.6 Å². The first kappa shape index (κ1) is 23.1. The van der Waals surface area contributed by atoms with Gasteiger partial charge in [-0.15, -0.1) is 13.2 Å². The number of aromatic nitrogens is 1. The van der Waals surface area contributed by atoms with E-state index in [0.29, 0.717) is 28.8 Å². The standard InChI is InChI=1S/C23H23F3N4O2/c1-30(2)11-10-28-22(31)17-5-3-4-16(12-17)18-13-20(21(27)29-14-18)15-6-8-19(9-7-15)32-23(24,25)26/h3-9,12-14H,10-11H2,1-2H3,(H2,27,29)(H,28,31). The predicted molar refractivity (Wildman–Crippen MR) is 117 cm³/mol. The lowest BCUT2D eigenvalue weighted by Gasteiger charge is -2.12. The third-order valence-electron chi connectivity index (χ3n) is 4.62. The van der Waals surface area contributed by atoms with Crippen molar-refractivity contribution < 1.29 is 22.7 Å². The number of nitrogens with one attached hydrogen (secondary N) is 1. The number of rotatable bonds is 7. The van der Waals surface area contributed by atoms with Crippen molar-refractivity contribution >= 4 is 11.7 Å². The van der Waals surface area contributed by atoms with Crippen LogP contribution in [0.15, 0.2) is 60.8 Å². The fraction of sp³-hybridized carbons (Fsp3) is 0.217. The molecule has 1 aromatic heterocycles. The van der Waals surface area contributed by atoms with Gasteiger partial charge in [-0.1, -0.05) is 24.3 Å². The molecule has 2 aromatic carbocycles. The Kier molecular flexibility index (Phi) is 6.99. The smallest absolute Gasteiger partial charge is 0.406 e. The second kappa shape index (κ2) is 9.69. The van der Waals surface area contributed by atoms with Crippen LogP contribution in [-0.2, 0) is 0 Å².